The quantitative estimate of drug-likeness (QED) is 0.856. The molecule has 0 bridgehead atoms. The third-order valence-electron chi connectivity index (χ3n) is 3.79. The van der Waals surface area contributed by atoms with Gasteiger partial charge in [-0.15, -0.1) is 0 Å². The zero-order chi connectivity index (χ0) is 14.0. The molecule has 1 aliphatic rings. The van der Waals surface area contributed by atoms with Crippen molar-refractivity contribution in [3.8, 4) is 0 Å². The Morgan fingerprint density at radius 2 is 2.32 bits per heavy atom. The highest BCUT2D eigenvalue weighted by atomic mass is 32.1. The van der Waals surface area contributed by atoms with Crippen LogP contribution < -0.4 is 10.6 Å². The van der Waals surface area contributed by atoms with Crippen molar-refractivity contribution >= 4 is 22.9 Å². The number of halogens is 1. The van der Waals surface area contributed by atoms with E-state index in [0.29, 0.717) is 11.6 Å². The van der Waals surface area contributed by atoms with Crippen molar-refractivity contribution in [2.24, 2.45) is 5.73 Å². The summed E-state index contributed by atoms with van der Waals surface area (Å²) in [7, 11) is 4.14. The minimum absolute atomic E-state index is 0.237. The number of likely N-dealkylation sites (tertiary alicyclic amines) is 1. The number of hydrogen-bond acceptors (Lipinski definition) is 3. The highest BCUT2D eigenvalue weighted by Gasteiger charge is 2.23. The lowest BCUT2D eigenvalue weighted by molar-refractivity contribution is 0.314. The SMILES string of the molecule is CN(CC1CCCN1C)c1ccc(F)cc1C(N)=S. The summed E-state index contributed by atoms with van der Waals surface area (Å²) in [5, 5.41) is 0. The normalized spacial score (nSPS) is 19.6. The van der Waals surface area contributed by atoms with Crippen LogP contribution in [0.25, 0.3) is 0 Å². The van der Waals surface area contributed by atoms with Gasteiger partial charge in [-0.1, -0.05) is 12.2 Å². The summed E-state index contributed by atoms with van der Waals surface area (Å²) in [4.78, 5) is 4.71. The molecule has 1 atom stereocenters. The van der Waals surface area contributed by atoms with Gasteiger partial charge < -0.3 is 15.5 Å². The molecule has 0 amide bonds. The molecule has 0 spiro atoms. The lowest BCUT2D eigenvalue weighted by Crippen LogP contribution is -2.37. The molecular weight excluding hydrogens is 261 g/mol. The standard InChI is InChI=1S/C14H20FN3S/c1-17-7-3-4-11(17)9-18(2)13-6-5-10(15)8-12(13)14(16)19/h5-6,8,11H,3-4,7,9H2,1-2H3,(H2,16,19). The summed E-state index contributed by atoms with van der Waals surface area (Å²) in [5.41, 5.74) is 7.19. The van der Waals surface area contributed by atoms with Crippen molar-refractivity contribution in [1.82, 2.24) is 4.90 Å². The zero-order valence-corrected chi connectivity index (χ0v) is 12.2. The van der Waals surface area contributed by atoms with Crippen molar-refractivity contribution in [2.75, 3.05) is 32.1 Å². The lowest BCUT2D eigenvalue weighted by Gasteiger charge is -2.28. The predicted octanol–water partition coefficient (Wildman–Crippen LogP) is 1.99. The summed E-state index contributed by atoms with van der Waals surface area (Å²) < 4.78 is 13.3. The fourth-order valence-corrected chi connectivity index (χ4v) is 2.83. The van der Waals surface area contributed by atoms with E-state index in [1.807, 2.05) is 7.05 Å². The number of anilines is 1. The van der Waals surface area contributed by atoms with E-state index in [1.165, 1.54) is 25.0 Å². The molecule has 0 saturated carbocycles. The van der Waals surface area contributed by atoms with Gasteiger partial charge in [-0.3, -0.25) is 0 Å². The van der Waals surface area contributed by atoms with Gasteiger partial charge in [-0.25, -0.2) is 4.39 Å². The Bertz CT molecular complexity index is 478. The Labute approximate surface area is 119 Å². The number of thiocarbonyl (C=S) groups is 1. The third kappa shape index (κ3) is 3.22. The van der Waals surface area contributed by atoms with Crippen molar-refractivity contribution in [3.63, 3.8) is 0 Å². The maximum Gasteiger partial charge on any atom is 0.124 e. The van der Waals surface area contributed by atoms with Crippen LogP contribution in [-0.4, -0.2) is 43.1 Å². The van der Waals surface area contributed by atoms with E-state index in [0.717, 1.165) is 18.8 Å². The number of benzene rings is 1. The molecule has 1 saturated heterocycles. The molecule has 0 radical (unpaired) electrons. The number of nitrogens with two attached hydrogens (primary N) is 1. The highest BCUT2D eigenvalue weighted by Crippen LogP contribution is 2.23. The molecular formula is C14H20FN3S. The molecule has 1 unspecified atom stereocenters. The fraction of sp³-hybridized carbons (Fsp3) is 0.500. The molecule has 2 N–H and O–H groups in total. The molecule has 0 aliphatic carbocycles. The smallest absolute Gasteiger partial charge is 0.124 e. The van der Waals surface area contributed by atoms with Crippen molar-refractivity contribution < 1.29 is 4.39 Å². The van der Waals surface area contributed by atoms with Gasteiger partial charge in [0.15, 0.2) is 0 Å². The summed E-state index contributed by atoms with van der Waals surface area (Å²) in [6.07, 6.45) is 2.44. The van der Waals surface area contributed by atoms with Gasteiger partial charge in [0.05, 0.1) is 0 Å². The van der Waals surface area contributed by atoms with Crippen LogP contribution >= 0.6 is 12.2 Å². The van der Waals surface area contributed by atoms with E-state index in [4.69, 9.17) is 18.0 Å². The van der Waals surface area contributed by atoms with E-state index >= 15 is 0 Å². The predicted molar refractivity (Wildman–Crippen MR) is 81.2 cm³/mol. The van der Waals surface area contributed by atoms with E-state index in [9.17, 15) is 4.39 Å². The van der Waals surface area contributed by atoms with Crippen LogP contribution in [0, 0.1) is 5.82 Å². The van der Waals surface area contributed by atoms with Crippen molar-refractivity contribution in [2.45, 2.75) is 18.9 Å². The third-order valence-corrected chi connectivity index (χ3v) is 4.01. The molecule has 2 rings (SSSR count). The minimum atomic E-state index is -0.307. The number of nitrogens with zero attached hydrogens (tertiary/aromatic N) is 2. The summed E-state index contributed by atoms with van der Waals surface area (Å²) in [6, 6.07) is 5.14. The molecule has 1 aromatic rings. The van der Waals surface area contributed by atoms with Gasteiger partial charge >= 0.3 is 0 Å². The Hall–Kier alpha value is -1.20. The first-order chi connectivity index (χ1) is 8.99. The zero-order valence-electron chi connectivity index (χ0n) is 11.4. The van der Waals surface area contributed by atoms with Gasteiger partial charge in [0.2, 0.25) is 0 Å². The molecule has 3 nitrogen and oxygen atoms in total. The second kappa shape index (κ2) is 5.84. The van der Waals surface area contributed by atoms with Crippen LogP contribution in [0.5, 0.6) is 0 Å². The molecule has 19 heavy (non-hydrogen) atoms. The maximum atomic E-state index is 13.3. The molecule has 0 aromatic heterocycles. The Kier molecular flexibility index (Phi) is 4.37. The van der Waals surface area contributed by atoms with Crippen LogP contribution in [0.2, 0.25) is 0 Å². The van der Waals surface area contributed by atoms with Gasteiger partial charge in [-0.2, -0.15) is 0 Å². The van der Waals surface area contributed by atoms with Crippen molar-refractivity contribution in [1.29, 1.82) is 0 Å². The number of rotatable bonds is 4. The monoisotopic (exact) mass is 281 g/mol. The van der Waals surface area contributed by atoms with Crippen LogP contribution in [0.4, 0.5) is 10.1 Å². The summed E-state index contributed by atoms with van der Waals surface area (Å²) >= 11 is 5.01. The lowest BCUT2D eigenvalue weighted by atomic mass is 10.1. The van der Waals surface area contributed by atoms with Gasteiger partial charge in [0.25, 0.3) is 0 Å². The minimum Gasteiger partial charge on any atom is -0.389 e. The second-order valence-corrected chi connectivity index (χ2v) is 5.62. The molecule has 5 heteroatoms. The van der Waals surface area contributed by atoms with Gasteiger partial charge in [0, 0.05) is 30.9 Å². The average molecular weight is 281 g/mol. The molecule has 1 heterocycles. The first-order valence-corrected chi connectivity index (χ1v) is 6.90. The van der Waals surface area contributed by atoms with Crippen LogP contribution in [0.3, 0.4) is 0 Å². The first-order valence-electron chi connectivity index (χ1n) is 6.50. The van der Waals surface area contributed by atoms with E-state index in [-0.39, 0.29) is 10.8 Å². The van der Waals surface area contributed by atoms with Crippen LogP contribution in [-0.2, 0) is 0 Å². The molecule has 104 valence electrons. The topological polar surface area (TPSA) is 32.5 Å². The van der Waals surface area contributed by atoms with Gasteiger partial charge in [0.1, 0.15) is 10.8 Å². The summed E-state index contributed by atoms with van der Waals surface area (Å²) in [6.45, 7) is 2.04. The van der Waals surface area contributed by atoms with Crippen LogP contribution in [0.15, 0.2) is 18.2 Å². The largest absolute Gasteiger partial charge is 0.389 e. The van der Waals surface area contributed by atoms with Gasteiger partial charge in [-0.05, 0) is 44.6 Å². The molecule has 1 aromatic carbocycles. The number of likely N-dealkylation sites (N-methyl/N-ethyl adjacent to an activating group) is 2. The summed E-state index contributed by atoms with van der Waals surface area (Å²) in [5.74, 6) is -0.307. The van der Waals surface area contributed by atoms with E-state index < -0.39 is 0 Å². The van der Waals surface area contributed by atoms with Crippen LogP contribution in [0.1, 0.15) is 18.4 Å². The second-order valence-electron chi connectivity index (χ2n) is 5.18. The fourth-order valence-electron chi connectivity index (χ4n) is 2.66. The molecule has 1 aliphatic heterocycles. The number of hydrogen-bond donors (Lipinski definition) is 1. The maximum absolute atomic E-state index is 13.3. The molecule has 1 fully saturated rings. The Balaban J connectivity index is 2.18. The van der Waals surface area contributed by atoms with Crippen molar-refractivity contribution in [3.05, 3.63) is 29.6 Å². The van der Waals surface area contributed by atoms with E-state index in [1.54, 1.807) is 6.07 Å². The highest BCUT2D eigenvalue weighted by molar-refractivity contribution is 7.80. The Morgan fingerprint density at radius 3 is 2.89 bits per heavy atom. The average Bonchev–Trinajstić information content (AvgIpc) is 2.74. The van der Waals surface area contributed by atoms with E-state index in [2.05, 4.69) is 16.8 Å². The first kappa shape index (κ1) is 14.2. The Morgan fingerprint density at radius 1 is 1.58 bits per heavy atom.